The van der Waals surface area contributed by atoms with E-state index in [1.165, 1.54) is 0 Å². The highest BCUT2D eigenvalue weighted by atomic mass is 19.1. The number of urea groups is 1. The number of carbonyl (C=O) groups is 2. The van der Waals surface area contributed by atoms with Gasteiger partial charge < -0.3 is 19.9 Å². The molecule has 0 unspecified atom stereocenters. The summed E-state index contributed by atoms with van der Waals surface area (Å²) in [6.45, 7) is 12.6. The van der Waals surface area contributed by atoms with Gasteiger partial charge in [-0.25, -0.2) is 14.0 Å². The molecule has 5 rings (SSSR count). The first kappa shape index (κ1) is 26.5. The minimum Gasteiger partial charge on any atom is -0.444 e. The molecule has 3 amide bonds. The van der Waals surface area contributed by atoms with E-state index in [-0.39, 0.29) is 17.9 Å². The third-order valence-corrected chi connectivity index (χ3v) is 7.74. The first-order chi connectivity index (χ1) is 18.1. The van der Waals surface area contributed by atoms with Crippen LogP contribution in [-0.4, -0.2) is 96.2 Å². The van der Waals surface area contributed by atoms with Crippen molar-refractivity contribution in [3.05, 3.63) is 17.9 Å². The van der Waals surface area contributed by atoms with Crippen molar-refractivity contribution in [2.24, 2.45) is 13.0 Å². The number of aryl methyl sites for hydroxylation is 1. The predicted molar refractivity (Wildman–Crippen MR) is 145 cm³/mol. The van der Waals surface area contributed by atoms with E-state index >= 15 is 4.39 Å². The van der Waals surface area contributed by atoms with Crippen LogP contribution in [0.1, 0.15) is 40.0 Å². The molecule has 208 valence electrons. The Kier molecular flexibility index (Phi) is 7.39. The second-order valence-corrected chi connectivity index (χ2v) is 11.7. The van der Waals surface area contributed by atoms with Gasteiger partial charge in [0.15, 0.2) is 11.6 Å². The minimum atomic E-state index is -0.472. The molecule has 2 aromatic rings. The van der Waals surface area contributed by atoms with Crippen molar-refractivity contribution < 1.29 is 18.7 Å². The summed E-state index contributed by atoms with van der Waals surface area (Å²) in [5.41, 5.74) is 0.538. The number of rotatable bonds is 4. The molecule has 11 heteroatoms. The highest BCUT2D eigenvalue weighted by molar-refractivity contribution is 6.02. The van der Waals surface area contributed by atoms with Gasteiger partial charge in [0.25, 0.3) is 0 Å². The molecule has 38 heavy (non-hydrogen) atoms. The smallest absolute Gasteiger partial charge is 0.410 e. The summed E-state index contributed by atoms with van der Waals surface area (Å²) in [5, 5.41) is 8.00. The predicted octanol–water partition coefficient (Wildman–Crippen LogP) is 3.40. The fraction of sp³-hybridized carbons (Fsp3) is 0.667. The number of carbonyl (C=O) groups excluding carboxylic acids is 2. The third kappa shape index (κ3) is 5.52. The second kappa shape index (κ2) is 10.6. The zero-order valence-corrected chi connectivity index (χ0v) is 23.0. The van der Waals surface area contributed by atoms with Gasteiger partial charge in [-0.1, -0.05) is 0 Å². The van der Waals surface area contributed by atoms with Gasteiger partial charge in [0.2, 0.25) is 0 Å². The van der Waals surface area contributed by atoms with Crippen LogP contribution in [0.15, 0.2) is 12.1 Å². The van der Waals surface area contributed by atoms with E-state index in [1.807, 2.05) is 37.8 Å². The number of aromatic nitrogens is 2. The summed E-state index contributed by atoms with van der Waals surface area (Å²) in [7, 11) is 1.73. The number of hydrogen-bond donors (Lipinski definition) is 1. The topological polar surface area (TPSA) is 86.2 Å². The Morgan fingerprint density at radius 3 is 2.47 bits per heavy atom. The van der Waals surface area contributed by atoms with Gasteiger partial charge in [0.1, 0.15) is 11.1 Å². The van der Waals surface area contributed by atoms with E-state index in [1.54, 1.807) is 16.6 Å². The lowest BCUT2D eigenvalue weighted by Crippen LogP contribution is -2.49. The number of anilines is 2. The molecule has 1 aromatic carbocycles. The maximum absolute atomic E-state index is 15.8. The maximum Gasteiger partial charge on any atom is 0.410 e. The summed E-state index contributed by atoms with van der Waals surface area (Å²) in [5.74, 6) is 0.769. The number of amides is 3. The largest absolute Gasteiger partial charge is 0.444 e. The van der Waals surface area contributed by atoms with Crippen LogP contribution in [0.3, 0.4) is 0 Å². The molecule has 0 bridgehead atoms. The number of piperidine rings is 1. The normalized spacial score (nSPS) is 20.2. The molecule has 0 spiro atoms. The van der Waals surface area contributed by atoms with Crippen molar-refractivity contribution >= 4 is 34.5 Å². The van der Waals surface area contributed by atoms with Gasteiger partial charge in [-0.2, -0.15) is 5.10 Å². The number of halogens is 1. The lowest BCUT2D eigenvalue weighted by molar-refractivity contribution is 0.0169. The number of piperazine rings is 1. The Balaban J connectivity index is 1.17. The monoisotopic (exact) mass is 529 g/mol. The van der Waals surface area contributed by atoms with E-state index in [2.05, 4.69) is 20.2 Å². The van der Waals surface area contributed by atoms with Gasteiger partial charge in [-0.05, 0) is 58.1 Å². The number of nitrogens with zero attached hydrogens (tertiary/aromatic N) is 6. The van der Waals surface area contributed by atoms with Crippen LogP contribution in [0, 0.1) is 11.7 Å². The standard InChI is InChI=1S/C27H40FN7O3/c1-27(2,3)38-26(37)34-12-8-19(9-13-34)18-32-14-16-33(17-15-32)21-7-6-20-23(22(21)28)31(4)30-24(20)35-11-5-10-29-25(35)36/h6-7,19H,5,8-18H2,1-4H3,(H,29,36). The quantitative estimate of drug-likeness (QED) is 0.654. The number of hydrogen-bond acceptors (Lipinski definition) is 6. The molecule has 0 saturated carbocycles. The SMILES string of the molecule is Cn1nc(N2CCCNC2=O)c2ccc(N3CCN(CC4CCN(C(=O)OC(C)(C)C)CC4)CC3)c(F)c21. The van der Waals surface area contributed by atoms with Crippen molar-refractivity contribution in [1.29, 1.82) is 0 Å². The second-order valence-electron chi connectivity index (χ2n) is 11.7. The zero-order chi connectivity index (χ0) is 27.0. The van der Waals surface area contributed by atoms with E-state index in [9.17, 15) is 9.59 Å². The van der Waals surface area contributed by atoms with Gasteiger partial charge in [0.05, 0.1) is 5.69 Å². The molecule has 3 aliphatic heterocycles. The van der Waals surface area contributed by atoms with Crippen molar-refractivity contribution in [1.82, 2.24) is 24.9 Å². The first-order valence-corrected chi connectivity index (χ1v) is 13.8. The van der Waals surface area contributed by atoms with E-state index in [4.69, 9.17) is 4.74 Å². The molecular formula is C27H40FN7O3. The van der Waals surface area contributed by atoms with E-state index in [0.29, 0.717) is 41.4 Å². The average Bonchev–Trinajstić information content (AvgIpc) is 3.21. The van der Waals surface area contributed by atoms with Crippen LogP contribution >= 0.6 is 0 Å². The zero-order valence-electron chi connectivity index (χ0n) is 23.0. The van der Waals surface area contributed by atoms with Gasteiger partial charge in [-0.3, -0.25) is 14.5 Å². The van der Waals surface area contributed by atoms with Crippen molar-refractivity contribution in [2.75, 3.05) is 68.7 Å². The molecule has 0 radical (unpaired) electrons. The molecule has 3 fully saturated rings. The Hall–Kier alpha value is -3.08. The van der Waals surface area contributed by atoms with E-state index in [0.717, 1.165) is 65.1 Å². The number of nitrogens with one attached hydrogen (secondary N) is 1. The molecule has 0 atom stereocenters. The van der Waals surface area contributed by atoms with Gasteiger partial charge >= 0.3 is 12.1 Å². The Morgan fingerprint density at radius 1 is 1.11 bits per heavy atom. The molecule has 1 aromatic heterocycles. The highest BCUT2D eigenvalue weighted by Gasteiger charge is 2.30. The van der Waals surface area contributed by atoms with Crippen molar-refractivity contribution in [3.8, 4) is 0 Å². The number of likely N-dealkylation sites (tertiary alicyclic amines) is 1. The van der Waals surface area contributed by atoms with Gasteiger partial charge in [0, 0.05) is 71.3 Å². The Bertz CT molecular complexity index is 1180. The minimum absolute atomic E-state index is 0.188. The average molecular weight is 530 g/mol. The van der Waals surface area contributed by atoms with E-state index < -0.39 is 5.60 Å². The van der Waals surface area contributed by atoms with Crippen molar-refractivity contribution in [2.45, 2.75) is 45.6 Å². The Morgan fingerprint density at radius 2 is 1.82 bits per heavy atom. The molecular weight excluding hydrogens is 489 g/mol. The Labute approximate surface area is 223 Å². The van der Waals surface area contributed by atoms with Crippen LogP contribution in [-0.2, 0) is 11.8 Å². The molecule has 0 aliphatic carbocycles. The molecule has 3 saturated heterocycles. The first-order valence-electron chi connectivity index (χ1n) is 13.8. The summed E-state index contributed by atoms with van der Waals surface area (Å²) >= 11 is 0. The summed E-state index contributed by atoms with van der Waals surface area (Å²) in [4.78, 5) is 32.7. The number of fused-ring (bicyclic) bond motifs is 1. The fourth-order valence-electron chi connectivity index (χ4n) is 5.73. The third-order valence-electron chi connectivity index (χ3n) is 7.74. The summed E-state index contributed by atoms with van der Waals surface area (Å²) in [6.07, 6.45) is 2.56. The van der Waals surface area contributed by atoms with Crippen LogP contribution in [0.4, 0.5) is 25.5 Å². The maximum atomic E-state index is 15.8. The summed E-state index contributed by atoms with van der Waals surface area (Å²) < 4.78 is 22.8. The van der Waals surface area contributed by atoms with Crippen molar-refractivity contribution in [3.63, 3.8) is 0 Å². The van der Waals surface area contributed by atoms with Crippen LogP contribution in [0.5, 0.6) is 0 Å². The van der Waals surface area contributed by atoms with Gasteiger partial charge in [-0.15, -0.1) is 0 Å². The molecule has 1 N–H and O–H groups in total. The molecule has 10 nitrogen and oxygen atoms in total. The van der Waals surface area contributed by atoms with Crippen LogP contribution in [0.25, 0.3) is 10.9 Å². The number of ether oxygens (including phenoxy) is 1. The molecule has 3 aliphatic rings. The lowest BCUT2D eigenvalue weighted by atomic mass is 9.96. The fourth-order valence-corrected chi connectivity index (χ4v) is 5.73. The number of benzene rings is 1. The van der Waals surface area contributed by atoms with Crippen LogP contribution < -0.4 is 15.1 Å². The molecule has 4 heterocycles. The lowest BCUT2D eigenvalue weighted by Gasteiger charge is -2.39. The summed E-state index contributed by atoms with van der Waals surface area (Å²) in [6, 6.07) is 3.53. The van der Waals surface area contributed by atoms with Crippen LogP contribution in [0.2, 0.25) is 0 Å². The highest BCUT2D eigenvalue weighted by Crippen LogP contribution is 2.34.